The molecule has 2 rings (SSSR count). The van der Waals surface area contributed by atoms with Gasteiger partial charge in [-0.1, -0.05) is 32.4 Å². The smallest absolute Gasteiger partial charge is 0.119 e. The standard InChI is InChI=1S/C21H29NO2/c1-4-6-15-23-20-11-7-18(8-12-20)16-22-19-9-13-21(14-10-19)24-17(3)5-2/h7-14,17,22H,4-6,15-16H2,1-3H3. The molecule has 2 aromatic rings. The molecule has 1 N–H and O–H groups in total. The van der Waals surface area contributed by atoms with E-state index in [4.69, 9.17) is 9.47 Å². The van der Waals surface area contributed by atoms with Gasteiger partial charge in [-0.05, 0) is 61.7 Å². The molecular weight excluding hydrogens is 298 g/mol. The number of rotatable bonds is 10. The monoisotopic (exact) mass is 327 g/mol. The number of hydrogen-bond donors (Lipinski definition) is 1. The van der Waals surface area contributed by atoms with Crippen LogP contribution in [0.5, 0.6) is 11.5 Å². The van der Waals surface area contributed by atoms with E-state index in [-0.39, 0.29) is 6.10 Å². The molecule has 0 saturated carbocycles. The summed E-state index contributed by atoms with van der Waals surface area (Å²) in [6.45, 7) is 7.96. The molecule has 24 heavy (non-hydrogen) atoms. The summed E-state index contributed by atoms with van der Waals surface area (Å²) in [6.07, 6.45) is 3.52. The summed E-state index contributed by atoms with van der Waals surface area (Å²) in [5.41, 5.74) is 2.33. The van der Waals surface area contributed by atoms with Crippen LogP contribution in [0.25, 0.3) is 0 Å². The third-order valence-electron chi connectivity index (χ3n) is 3.95. The number of nitrogens with one attached hydrogen (secondary N) is 1. The van der Waals surface area contributed by atoms with Gasteiger partial charge in [0.25, 0.3) is 0 Å². The second kappa shape index (κ2) is 9.86. The van der Waals surface area contributed by atoms with Crippen molar-refractivity contribution >= 4 is 5.69 Å². The molecule has 0 bridgehead atoms. The number of benzene rings is 2. The van der Waals surface area contributed by atoms with Crippen LogP contribution in [-0.2, 0) is 6.54 Å². The maximum absolute atomic E-state index is 5.79. The minimum absolute atomic E-state index is 0.252. The van der Waals surface area contributed by atoms with Gasteiger partial charge in [0.1, 0.15) is 11.5 Å². The van der Waals surface area contributed by atoms with E-state index in [1.54, 1.807) is 0 Å². The van der Waals surface area contributed by atoms with Crippen LogP contribution in [0.1, 0.15) is 45.6 Å². The van der Waals surface area contributed by atoms with Crippen molar-refractivity contribution in [1.29, 1.82) is 0 Å². The molecule has 0 fully saturated rings. The van der Waals surface area contributed by atoms with E-state index in [0.717, 1.165) is 49.6 Å². The Bertz CT molecular complexity index is 578. The van der Waals surface area contributed by atoms with Crippen LogP contribution in [0.3, 0.4) is 0 Å². The Labute approximate surface area is 146 Å². The molecule has 0 aliphatic heterocycles. The first-order chi connectivity index (χ1) is 11.7. The van der Waals surface area contributed by atoms with Gasteiger partial charge in [0, 0.05) is 12.2 Å². The van der Waals surface area contributed by atoms with Crippen molar-refractivity contribution < 1.29 is 9.47 Å². The van der Waals surface area contributed by atoms with Gasteiger partial charge in [-0.3, -0.25) is 0 Å². The molecule has 0 amide bonds. The summed E-state index contributed by atoms with van der Waals surface area (Å²) >= 11 is 0. The molecule has 3 nitrogen and oxygen atoms in total. The Balaban J connectivity index is 1.80. The largest absolute Gasteiger partial charge is 0.494 e. The van der Waals surface area contributed by atoms with Crippen molar-refractivity contribution in [2.45, 2.75) is 52.7 Å². The summed E-state index contributed by atoms with van der Waals surface area (Å²) in [6, 6.07) is 16.4. The molecule has 0 radical (unpaired) electrons. The molecule has 1 unspecified atom stereocenters. The highest BCUT2D eigenvalue weighted by Gasteiger charge is 2.01. The van der Waals surface area contributed by atoms with Crippen LogP contribution in [-0.4, -0.2) is 12.7 Å². The van der Waals surface area contributed by atoms with Gasteiger partial charge in [-0.15, -0.1) is 0 Å². The summed E-state index contributed by atoms with van der Waals surface area (Å²) in [5.74, 6) is 1.86. The van der Waals surface area contributed by atoms with E-state index >= 15 is 0 Å². The summed E-state index contributed by atoms with van der Waals surface area (Å²) in [4.78, 5) is 0. The third-order valence-corrected chi connectivity index (χ3v) is 3.95. The minimum atomic E-state index is 0.252. The third kappa shape index (κ3) is 6.15. The average Bonchev–Trinajstić information content (AvgIpc) is 2.62. The van der Waals surface area contributed by atoms with Crippen LogP contribution >= 0.6 is 0 Å². The van der Waals surface area contributed by atoms with Gasteiger partial charge in [0.05, 0.1) is 12.7 Å². The fourth-order valence-corrected chi connectivity index (χ4v) is 2.21. The topological polar surface area (TPSA) is 30.5 Å². The lowest BCUT2D eigenvalue weighted by molar-refractivity contribution is 0.217. The zero-order chi connectivity index (χ0) is 17.2. The Hall–Kier alpha value is -2.16. The van der Waals surface area contributed by atoms with Crippen molar-refractivity contribution in [3.05, 3.63) is 54.1 Å². The first-order valence-corrected chi connectivity index (χ1v) is 8.93. The lowest BCUT2D eigenvalue weighted by Gasteiger charge is -2.13. The van der Waals surface area contributed by atoms with Crippen molar-refractivity contribution in [2.24, 2.45) is 0 Å². The lowest BCUT2D eigenvalue weighted by Crippen LogP contribution is -2.09. The average molecular weight is 327 g/mol. The zero-order valence-corrected chi connectivity index (χ0v) is 15.0. The Morgan fingerprint density at radius 2 is 1.58 bits per heavy atom. The number of anilines is 1. The van der Waals surface area contributed by atoms with E-state index in [0.29, 0.717) is 0 Å². The Morgan fingerprint density at radius 3 is 2.21 bits per heavy atom. The van der Waals surface area contributed by atoms with E-state index in [1.165, 1.54) is 5.56 Å². The maximum atomic E-state index is 5.79. The first-order valence-electron chi connectivity index (χ1n) is 8.93. The van der Waals surface area contributed by atoms with Gasteiger partial charge in [0.2, 0.25) is 0 Å². The molecule has 2 aromatic carbocycles. The minimum Gasteiger partial charge on any atom is -0.494 e. The first kappa shape index (κ1) is 18.2. The quantitative estimate of drug-likeness (QED) is 0.572. The van der Waals surface area contributed by atoms with Crippen molar-refractivity contribution in [1.82, 2.24) is 0 Å². The molecular formula is C21H29NO2. The zero-order valence-electron chi connectivity index (χ0n) is 15.0. The van der Waals surface area contributed by atoms with Gasteiger partial charge >= 0.3 is 0 Å². The number of hydrogen-bond acceptors (Lipinski definition) is 3. The summed E-state index contributed by atoms with van der Waals surface area (Å²) in [5, 5.41) is 3.43. The van der Waals surface area contributed by atoms with E-state index in [2.05, 4.69) is 50.4 Å². The molecule has 0 aliphatic carbocycles. The SMILES string of the molecule is CCCCOc1ccc(CNc2ccc(OC(C)CC)cc2)cc1. The highest BCUT2D eigenvalue weighted by molar-refractivity contribution is 5.47. The van der Waals surface area contributed by atoms with Crippen LogP contribution in [0.2, 0.25) is 0 Å². The van der Waals surface area contributed by atoms with Crippen LogP contribution in [0.15, 0.2) is 48.5 Å². The Morgan fingerprint density at radius 1 is 0.917 bits per heavy atom. The van der Waals surface area contributed by atoms with Crippen molar-refractivity contribution in [2.75, 3.05) is 11.9 Å². The van der Waals surface area contributed by atoms with Gasteiger partial charge in [-0.2, -0.15) is 0 Å². The molecule has 0 aliphatic rings. The lowest BCUT2D eigenvalue weighted by atomic mass is 10.2. The summed E-state index contributed by atoms with van der Waals surface area (Å²) in [7, 11) is 0. The molecule has 0 saturated heterocycles. The van der Waals surface area contributed by atoms with E-state index in [9.17, 15) is 0 Å². The van der Waals surface area contributed by atoms with Gasteiger partial charge < -0.3 is 14.8 Å². The van der Waals surface area contributed by atoms with Crippen molar-refractivity contribution in [3.8, 4) is 11.5 Å². The molecule has 130 valence electrons. The number of unbranched alkanes of at least 4 members (excludes halogenated alkanes) is 1. The van der Waals surface area contributed by atoms with E-state index < -0.39 is 0 Å². The van der Waals surface area contributed by atoms with Gasteiger partial charge in [0.15, 0.2) is 0 Å². The van der Waals surface area contributed by atoms with E-state index in [1.807, 2.05) is 24.3 Å². The van der Waals surface area contributed by atoms with Crippen LogP contribution in [0.4, 0.5) is 5.69 Å². The molecule has 0 heterocycles. The molecule has 1 atom stereocenters. The highest BCUT2D eigenvalue weighted by atomic mass is 16.5. The number of ether oxygens (including phenoxy) is 2. The second-order valence-electron chi connectivity index (χ2n) is 6.06. The van der Waals surface area contributed by atoms with Crippen molar-refractivity contribution in [3.63, 3.8) is 0 Å². The predicted molar refractivity (Wildman–Crippen MR) is 101 cm³/mol. The molecule has 3 heteroatoms. The van der Waals surface area contributed by atoms with Gasteiger partial charge in [-0.25, -0.2) is 0 Å². The fourth-order valence-electron chi connectivity index (χ4n) is 2.21. The molecule has 0 aromatic heterocycles. The maximum Gasteiger partial charge on any atom is 0.119 e. The highest BCUT2D eigenvalue weighted by Crippen LogP contribution is 2.19. The summed E-state index contributed by atoms with van der Waals surface area (Å²) < 4.78 is 11.5. The normalized spacial score (nSPS) is 11.8. The van der Waals surface area contributed by atoms with Crippen LogP contribution < -0.4 is 14.8 Å². The predicted octanol–water partition coefficient (Wildman–Crippen LogP) is 5.65. The fraction of sp³-hybridized carbons (Fsp3) is 0.429. The second-order valence-corrected chi connectivity index (χ2v) is 6.06. The molecule has 0 spiro atoms. The van der Waals surface area contributed by atoms with Crippen LogP contribution in [0, 0.1) is 0 Å². The Kier molecular flexibility index (Phi) is 7.47.